The SMILES string of the molecule is CCC[CH2][Sn][CH2]CCC.CCC[CH2][Sn][CH2]CCC.COc1cc(OC)c(C(=O)O)cc1OC.COc1cc(OC)c(C(=O)O)cc1OC.O. The molecule has 0 atom stereocenters. The summed E-state index contributed by atoms with van der Waals surface area (Å²) < 4.78 is 36.4. The Morgan fingerprint density at radius 1 is 0.469 bits per heavy atom. The molecule has 13 heteroatoms. The van der Waals surface area contributed by atoms with Crippen molar-refractivity contribution in [1.29, 1.82) is 0 Å². The van der Waals surface area contributed by atoms with Crippen molar-refractivity contribution in [3.63, 3.8) is 0 Å². The molecule has 4 N–H and O–H groups in total. The first-order chi connectivity index (χ1) is 23.1. The van der Waals surface area contributed by atoms with Gasteiger partial charge in [-0.15, -0.1) is 0 Å². The van der Waals surface area contributed by atoms with Gasteiger partial charge in [-0.05, 0) is 0 Å². The zero-order valence-corrected chi connectivity index (χ0v) is 37.2. The summed E-state index contributed by atoms with van der Waals surface area (Å²) in [6.07, 6.45) is 11.7. The van der Waals surface area contributed by atoms with E-state index in [4.69, 9.17) is 38.6 Å². The number of rotatable bonds is 20. The third-order valence-electron chi connectivity index (χ3n) is 6.70. The molecule has 0 saturated carbocycles. The molecule has 280 valence electrons. The third kappa shape index (κ3) is 23.0. The minimum atomic E-state index is -1.08. The van der Waals surface area contributed by atoms with Crippen LogP contribution in [0.25, 0.3) is 0 Å². The van der Waals surface area contributed by atoms with Gasteiger partial charge in [-0.25, -0.2) is 9.59 Å². The second kappa shape index (κ2) is 34.2. The number of benzene rings is 2. The maximum absolute atomic E-state index is 10.9. The van der Waals surface area contributed by atoms with Crippen LogP contribution in [0, 0.1) is 0 Å². The fourth-order valence-corrected chi connectivity index (χ4v) is 12.2. The molecule has 0 aliphatic rings. The van der Waals surface area contributed by atoms with E-state index < -0.39 is 11.9 Å². The number of aromatic carboxylic acids is 2. The second-order valence-electron chi connectivity index (χ2n) is 10.3. The minimum Gasteiger partial charge on any atom is -0.496 e. The van der Waals surface area contributed by atoms with Crippen molar-refractivity contribution in [3.8, 4) is 34.5 Å². The maximum atomic E-state index is 10.9. The average Bonchev–Trinajstić information content (AvgIpc) is 3.10. The number of unbranched alkanes of at least 4 members (excludes halogenated alkanes) is 4. The van der Waals surface area contributed by atoms with Crippen LogP contribution >= 0.6 is 0 Å². The molecule has 2 aromatic rings. The van der Waals surface area contributed by atoms with Crippen LogP contribution in [0.2, 0.25) is 17.7 Å². The summed E-state index contributed by atoms with van der Waals surface area (Å²) in [5.41, 5.74) is 0.0744. The van der Waals surface area contributed by atoms with Gasteiger partial charge in [-0.2, -0.15) is 0 Å². The first-order valence-electron chi connectivity index (χ1n) is 16.6. The van der Waals surface area contributed by atoms with Crippen molar-refractivity contribution in [3.05, 3.63) is 35.4 Å². The van der Waals surface area contributed by atoms with Gasteiger partial charge >= 0.3 is 151 Å². The first-order valence-corrected chi connectivity index (χ1v) is 24.7. The van der Waals surface area contributed by atoms with E-state index in [1.54, 1.807) is 17.7 Å². The predicted octanol–water partition coefficient (Wildman–Crippen LogP) is 8.25. The summed E-state index contributed by atoms with van der Waals surface area (Å²) in [5.74, 6) is -0.106. The summed E-state index contributed by atoms with van der Waals surface area (Å²) in [4.78, 5) is 21.7. The minimum absolute atomic E-state index is 0. The molecular weight excluding hydrogens is 846 g/mol. The molecule has 0 aromatic heterocycles. The van der Waals surface area contributed by atoms with Gasteiger partial charge in [-0.1, -0.05) is 0 Å². The average molecular weight is 908 g/mol. The normalized spacial score (nSPS) is 9.51. The first kappa shape index (κ1) is 51.1. The Hall–Kier alpha value is -2.26. The topological polar surface area (TPSA) is 161 Å². The van der Waals surface area contributed by atoms with E-state index >= 15 is 0 Å². The fraction of sp³-hybridized carbons (Fsp3) is 0.611. The van der Waals surface area contributed by atoms with Gasteiger partial charge in [0, 0.05) is 24.3 Å². The maximum Gasteiger partial charge on any atom is 0.339 e. The Morgan fingerprint density at radius 3 is 0.878 bits per heavy atom. The molecule has 2 aromatic carbocycles. The van der Waals surface area contributed by atoms with E-state index in [-0.39, 0.29) is 70.4 Å². The van der Waals surface area contributed by atoms with E-state index in [0.29, 0.717) is 23.0 Å². The number of hydrogen-bond donors (Lipinski definition) is 2. The summed E-state index contributed by atoms with van der Waals surface area (Å²) in [7, 11) is 8.61. The monoisotopic (exact) mass is 910 g/mol. The van der Waals surface area contributed by atoms with Crippen molar-refractivity contribution >= 4 is 54.2 Å². The Morgan fingerprint density at radius 2 is 0.694 bits per heavy atom. The van der Waals surface area contributed by atoms with Crippen molar-refractivity contribution < 1.29 is 53.7 Å². The van der Waals surface area contributed by atoms with Gasteiger partial charge < -0.3 is 44.1 Å². The van der Waals surface area contributed by atoms with Gasteiger partial charge in [0.2, 0.25) is 0 Å². The zero-order valence-electron chi connectivity index (χ0n) is 31.5. The van der Waals surface area contributed by atoms with Gasteiger partial charge in [0.15, 0.2) is 23.0 Å². The van der Waals surface area contributed by atoms with Gasteiger partial charge in [0.1, 0.15) is 22.6 Å². The van der Waals surface area contributed by atoms with Crippen LogP contribution in [-0.2, 0) is 0 Å². The zero-order chi connectivity index (χ0) is 36.7. The van der Waals surface area contributed by atoms with E-state index in [2.05, 4.69) is 27.7 Å². The standard InChI is InChI=1S/2C10H12O5.4C4H9.H2O.2Sn/c2*1-13-7-5-9(15-3)8(14-2)4-6(7)10(11)12;4*1-3-4-2;;;/h2*4-5H,1-3H3,(H,11,12);4*1,3-4H2,2H3;1H2;;. The Bertz CT molecular complexity index is 1030. The summed E-state index contributed by atoms with van der Waals surface area (Å²) in [6, 6.07) is 5.67. The number of carbonyl (C=O) groups is 2. The Labute approximate surface area is 315 Å². The number of ether oxygens (including phenoxy) is 6. The smallest absolute Gasteiger partial charge is 0.339 e. The Balaban J connectivity index is -0.000000590. The molecule has 11 nitrogen and oxygen atoms in total. The molecule has 0 unspecified atom stereocenters. The predicted molar refractivity (Wildman–Crippen MR) is 200 cm³/mol. The molecule has 0 spiro atoms. The molecule has 2 rings (SSSR count). The molecule has 0 aliphatic carbocycles. The molecule has 0 heterocycles. The van der Waals surface area contributed by atoms with Crippen LogP contribution in [0.4, 0.5) is 0 Å². The van der Waals surface area contributed by atoms with Gasteiger partial charge in [0.25, 0.3) is 0 Å². The van der Waals surface area contributed by atoms with Crippen molar-refractivity contribution in [2.24, 2.45) is 0 Å². The molecule has 4 radical (unpaired) electrons. The third-order valence-corrected chi connectivity index (χ3v) is 14.8. The van der Waals surface area contributed by atoms with E-state index in [0.717, 1.165) is 0 Å². The van der Waals surface area contributed by atoms with Crippen molar-refractivity contribution in [1.82, 2.24) is 0 Å². The van der Waals surface area contributed by atoms with Crippen LogP contribution < -0.4 is 28.4 Å². The molecule has 0 bridgehead atoms. The van der Waals surface area contributed by atoms with Crippen molar-refractivity contribution in [2.75, 3.05) is 42.7 Å². The number of carboxylic acid groups (broad SMARTS) is 2. The van der Waals surface area contributed by atoms with Crippen LogP contribution in [0.3, 0.4) is 0 Å². The van der Waals surface area contributed by atoms with Crippen molar-refractivity contribution in [2.45, 2.75) is 96.8 Å². The largest absolute Gasteiger partial charge is 0.496 e. The summed E-state index contributed by atoms with van der Waals surface area (Å²) >= 11 is 0.299. The molecule has 0 amide bonds. The van der Waals surface area contributed by atoms with Gasteiger partial charge in [-0.3, -0.25) is 0 Å². The Kier molecular flexibility index (Phi) is 35.7. The van der Waals surface area contributed by atoms with Crippen LogP contribution in [-0.4, -0.2) is 113 Å². The fourth-order valence-electron chi connectivity index (χ4n) is 3.85. The van der Waals surface area contributed by atoms with Crippen LogP contribution in [0.15, 0.2) is 24.3 Å². The molecule has 49 heavy (non-hydrogen) atoms. The van der Waals surface area contributed by atoms with Crippen LogP contribution in [0.1, 0.15) is 99.8 Å². The van der Waals surface area contributed by atoms with Crippen LogP contribution in [0.5, 0.6) is 34.5 Å². The molecular formula is C36H62O11Sn2. The van der Waals surface area contributed by atoms with Gasteiger partial charge in [0.05, 0.1) is 42.7 Å². The molecule has 0 saturated heterocycles. The second-order valence-corrected chi connectivity index (χ2v) is 18.9. The summed E-state index contributed by atoms with van der Waals surface area (Å²) in [6.45, 7) is 9.16. The number of hydrogen-bond acceptors (Lipinski definition) is 8. The number of carboxylic acids is 2. The summed E-state index contributed by atoms with van der Waals surface area (Å²) in [5, 5.41) is 17.8. The molecule has 0 aliphatic heterocycles. The van der Waals surface area contributed by atoms with E-state index in [9.17, 15) is 9.59 Å². The number of methoxy groups -OCH3 is 6. The van der Waals surface area contributed by atoms with E-state index in [1.807, 2.05) is 0 Å². The van der Waals surface area contributed by atoms with E-state index in [1.165, 1.54) is 118 Å². The quantitative estimate of drug-likeness (QED) is 0.0978. The molecule has 0 fully saturated rings.